The van der Waals surface area contributed by atoms with Crippen LogP contribution in [0.3, 0.4) is 0 Å². The quantitative estimate of drug-likeness (QED) is 0.613. The van der Waals surface area contributed by atoms with Crippen molar-refractivity contribution in [3.8, 4) is 11.5 Å². The number of nitrogens with one attached hydrogen (secondary N) is 2. The van der Waals surface area contributed by atoms with Crippen molar-refractivity contribution in [2.45, 2.75) is 19.4 Å². The number of carbonyl (C=O) groups is 3. The van der Waals surface area contributed by atoms with Crippen LogP contribution in [0.2, 0.25) is 0 Å². The zero-order chi connectivity index (χ0) is 22.5. The molecule has 0 fully saturated rings. The molecule has 4 rings (SSSR count). The Morgan fingerprint density at radius 3 is 2.72 bits per heavy atom. The van der Waals surface area contributed by atoms with Crippen LogP contribution in [0.1, 0.15) is 23.4 Å². The van der Waals surface area contributed by atoms with E-state index in [1.807, 2.05) is 17.5 Å². The third-order valence-electron chi connectivity index (χ3n) is 4.81. The summed E-state index contributed by atoms with van der Waals surface area (Å²) >= 11 is 1.40. The van der Waals surface area contributed by atoms with Crippen LogP contribution in [0, 0.1) is 0 Å². The Morgan fingerprint density at radius 2 is 1.97 bits per heavy atom. The minimum atomic E-state index is -0.686. The van der Waals surface area contributed by atoms with Gasteiger partial charge in [-0.1, -0.05) is 12.1 Å². The Hall–Kier alpha value is -3.53. The van der Waals surface area contributed by atoms with Gasteiger partial charge in [-0.3, -0.25) is 4.79 Å². The van der Waals surface area contributed by atoms with Gasteiger partial charge in [0, 0.05) is 4.88 Å². The zero-order valence-corrected chi connectivity index (χ0v) is 18.2. The Kier molecular flexibility index (Phi) is 6.60. The second kappa shape index (κ2) is 9.73. The van der Waals surface area contributed by atoms with Gasteiger partial charge in [-0.2, -0.15) is 0 Å². The fourth-order valence-electron chi connectivity index (χ4n) is 3.42. The number of carbonyl (C=O) groups excluding carboxylic acids is 3. The van der Waals surface area contributed by atoms with E-state index in [1.165, 1.54) is 11.3 Å². The summed E-state index contributed by atoms with van der Waals surface area (Å²) in [4.78, 5) is 38.1. The summed E-state index contributed by atoms with van der Waals surface area (Å²) in [6.07, 6.45) is -0.000784. The summed E-state index contributed by atoms with van der Waals surface area (Å²) in [5, 5.41) is 7.15. The topological polar surface area (TPSA) is 112 Å². The average molecular weight is 458 g/mol. The van der Waals surface area contributed by atoms with E-state index in [0.717, 1.165) is 4.88 Å². The van der Waals surface area contributed by atoms with Gasteiger partial charge in [-0.25, -0.2) is 9.59 Å². The van der Waals surface area contributed by atoms with Gasteiger partial charge in [-0.15, -0.1) is 11.3 Å². The highest BCUT2D eigenvalue weighted by molar-refractivity contribution is 7.10. The third-order valence-corrected chi connectivity index (χ3v) is 5.75. The predicted octanol–water partition coefficient (Wildman–Crippen LogP) is 2.48. The van der Waals surface area contributed by atoms with Gasteiger partial charge >= 0.3 is 18.0 Å². The normalized spacial score (nSPS) is 17.3. The molecule has 2 amide bonds. The van der Waals surface area contributed by atoms with Gasteiger partial charge in [-0.05, 0) is 36.1 Å². The standard InChI is InChI=1S/C22H22N2O7S/c1-2-28-21(26)19-14(23-22(27)24-20(19)17-4-3-9-32-17)12-31-18(25)11-13-5-6-15-16(10-13)30-8-7-29-15/h3-6,9-10,20H,2,7-8,11-12H2,1H3,(H2,23,24,27)/t20-/m1/s1. The maximum atomic E-state index is 12.7. The SMILES string of the molecule is CCOC(=O)C1=C(COC(=O)Cc2ccc3c(c2)OCCO3)NC(=O)N[C@@H]1c1cccs1. The molecule has 1 aromatic carbocycles. The van der Waals surface area contributed by atoms with Crippen molar-refractivity contribution in [2.24, 2.45) is 0 Å². The van der Waals surface area contributed by atoms with Crippen molar-refractivity contribution in [1.29, 1.82) is 0 Å². The first-order valence-electron chi connectivity index (χ1n) is 10.1. The highest BCUT2D eigenvalue weighted by atomic mass is 32.1. The molecule has 0 saturated heterocycles. The van der Waals surface area contributed by atoms with Crippen LogP contribution >= 0.6 is 11.3 Å². The van der Waals surface area contributed by atoms with E-state index in [1.54, 1.807) is 25.1 Å². The number of benzene rings is 1. The van der Waals surface area contributed by atoms with Crippen LogP contribution in [-0.2, 0) is 25.5 Å². The van der Waals surface area contributed by atoms with E-state index in [9.17, 15) is 14.4 Å². The monoisotopic (exact) mass is 458 g/mol. The van der Waals surface area contributed by atoms with Gasteiger partial charge in [0.25, 0.3) is 0 Å². The summed E-state index contributed by atoms with van der Waals surface area (Å²) in [6.45, 7) is 2.53. The number of ether oxygens (including phenoxy) is 4. The first kappa shape index (κ1) is 21.7. The van der Waals surface area contributed by atoms with Gasteiger partial charge in [0.15, 0.2) is 11.5 Å². The molecule has 3 heterocycles. The molecule has 0 spiro atoms. The Labute approximate surface area is 188 Å². The Morgan fingerprint density at radius 1 is 1.16 bits per heavy atom. The molecule has 2 N–H and O–H groups in total. The summed E-state index contributed by atoms with van der Waals surface area (Å²) in [7, 11) is 0. The summed E-state index contributed by atoms with van der Waals surface area (Å²) in [5.74, 6) is 0.113. The molecular weight excluding hydrogens is 436 g/mol. The van der Waals surface area contributed by atoms with Crippen molar-refractivity contribution >= 4 is 29.3 Å². The van der Waals surface area contributed by atoms with E-state index >= 15 is 0 Å². The Balaban J connectivity index is 1.49. The lowest BCUT2D eigenvalue weighted by atomic mass is 10.0. The molecule has 0 saturated carbocycles. The van der Waals surface area contributed by atoms with E-state index in [2.05, 4.69) is 10.6 Å². The number of hydrogen-bond acceptors (Lipinski definition) is 8. The number of hydrogen-bond donors (Lipinski definition) is 2. The maximum absolute atomic E-state index is 12.7. The first-order chi connectivity index (χ1) is 15.5. The Bertz CT molecular complexity index is 1050. The van der Waals surface area contributed by atoms with Gasteiger partial charge < -0.3 is 29.6 Å². The fourth-order valence-corrected chi connectivity index (χ4v) is 4.20. The lowest BCUT2D eigenvalue weighted by molar-refractivity contribution is -0.143. The largest absolute Gasteiger partial charge is 0.486 e. The minimum Gasteiger partial charge on any atom is -0.486 e. The molecule has 32 heavy (non-hydrogen) atoms. The second-order valence-corrected chi connectivity index (χ2v) is 7.95. The van der Waals surface area contributed by atoms with Crippen molar-refractivity contribution < 1.29 is 33.3 Å². The predicted molar refractivity (Wildman–Crippen MR) is 114 cm³/mol. The summed E-state index contributed by atoms with van der Waals surface area (Å²) in [5.41, 5.74) is 1.10. The van der Waals surface area contributed by atoms with Crippen molar-refractivity contribution in [3.63, 3.8) is 0 Å². The molecule has 1 aromatic heterocycles. The highest BCUT2D eigenvalue weighted by Crippen LogP contribution is 2.32. The van der Waals surface area contributed by atoms with E-state index < -0.39 is 24.0 Å². The zero-order valence-electron chi connectivity index (χ0n) is 17.3. The van der Waals surface area contributed by atoms with Gasteiger partial charge in [0.05, 0.1) is 30.3 Å². The van der Waals surface area contributed by atoms with Crippen LogP contribution in [0.4, 0.5) is 4.79 Å². The first-order valence-corrected chi connectivity index (χ1v) is 11.0. The maximum Gasteiger partial charge on any atom is 0.338 e. The number of amides is 2. The molecule has 0 bridgehead atoms. The van der Waals surface area contributed by atoms with Gasteiger partial charge in [0.2, 0.25) is 0 Å². The molecule has 2 aliphatic heterocycles. The second-order valence-electron chi connectivity index (χ2n) is 6.98. The highest BCUT2D eigenvalue weighted by Gasteiger charge is 2.34. The minimum absolute atomic E-state index is 0.000784. The molecule has 0 unspecified atom stereocenters. The van der Waals surface area contributed by atoms with Gasteiger partial charge in [0.1, 0.15) is 19.8 Å². The van der Waals surface area contributed by atoms with Crippen LogP contribution in [-0.4, -0.2) is 44.4 Å². The average Bonchev–Trinajstić information content (AvgIpc) is 3.32. The number of esters is 2. The number of urea groups is 1. The molecule has 2 aliphatic rings. The molecule has 10 heteroatoms. The van der Waals surface area contributed by atoms with E-state index in [4.69, 9.17) is 18.9 Å². The van der Waals surface area contributed by atoms with Crippen molar-refractivity contribution in [3.05, 3.63) is 57.4 Å². The van der Waals surface area contributed by atoms with Crippen LogP contribution < -0.4 is 20.1 Å². The van der Waals surface area contributed by atoms with Crippen molar-refractivity contribution in [2.75, 3.05) is 26.4 Å². The molecule has 9 nitrogen and oxygen atoms in total. The van der Waals surface area contributed by atoms with Crippen LogP contribution in [0.25, 0.3) is 0 Å². The fraction of sp³-hybridized carbons (Fsp3) is 0.318. The lowest BCUT2D eigenvalue weighted by Crippen LogP contribution is -2.47. The summed E-state index contributed by atoms with van der Waals surface area (Å²) in [6, 6.07) is 7.70. The molecule has 2 aromatic rings. The van der Waals surface area contributed by atoms with Crippen molar-refractivity contribution in [1.82, 2.24) is 10.6 Å². The van der Waals surface area contributed by atoms with E-state index in [-0.39, 0.29) is 30.9 Å². The van der Waals surface area contributed by atoms with Crippen LogP contribution in [0.15, 0.2) is 47.0 Å². The number of rotatable bonds is 7. The molecule has 168 valence electrons. The number of fused-ring (bicyclic) bond motifs is 1. The molecule has 0 radical (unpaired) electrons. The summed E-state index contributed by atoms with van der Waals surface area (Å²) < 4.78 is 21.6. The molecular formula is C22H22N2O7S. The van der Waals surface area contributed by atoms with E-state index in [0.29, 0.717) is 30.3 Å². The molecule has 1 atom stereocenters. The lowest BCUT2D eigenvalue weighted by Gasteiger charge is -2.28. The van der Waals surface area contributed by atoms with Crippen LogP contribution in [0.5, 0.6) is 11.5 Å². The molecule has 0 aliphatic carbocycles. The smallest absolute Gasteiger partial charge is 0.338 e. The third kappa shape index (κ3) is 4.86. The number of thiophene rings is 1.